The molecular formula is C19H31N3O4. The lowest BCUT2D eigenvalue weighted by Gasteiger charge is -2.46. The van der Waals surface area contributed by atoms with Crippen molar-refractivity contribution in [3.05, 3.63) is 18.2 Å². The Kier molecular flexibility index (Phi) is 6.67. The summed E-state index contributed by atoms with van der Waals surface area (Å²) in [4.78, 5) is 18.7. The summed E-state index contributed by atoms with van der Waals surface area (Å²) in [5, 5.41) is 0. The second-order valence-electron chi connectivity index (χ2n) is 7.20. The molecule has 2 saturated heterocycles. The molecule has 7 nitrogen and oxygen atoms in total. The van der Waals surface area contributed by atoms with Gasteiger partial charge in [0, 0.05) is 45.1 Å². The number of piperidine rings is 1. The lowest BCUT2D eigenvalue weighted by Crippen LogP contribution is -2.52. The van der Waals surface area contributed by atoms with Gasteiger partial charge < -0.3 is 23.7 Å². The van der Waals surface area contributed by atoms with Crippen LogP contribution in [0.5, 0.6) is 0 Å². The highest BCUT2D eigenvalue weighted by Crippen LogP contribution is 2.36. The number of aryl methyl sites for hydroxylation is 1. The minimum absolute atomic E-state index is 0.129. The van der Waals surface area contributed by atoms with Crippen molar-refractivity contribution < 1.29 is 19.0 Å². The molecule has 1 unspecified atom stereocenters. The smallest absolute Gasteiger partial charge is 0.242 e. The number of hydrogen-bond acceptors (Lipinski definition) is 5. The standard InChI is InChI=1S/C19H31N3O4/c1-3-24-12-13-25-17-4-11-26-19(14-17)5-8-21(9-6-19)18(23)15-22-10-7-20-16(22)2/h7,10,17H,3-6,8-9,11-15H2,1-2H3. The van der Waals surface area contributed by atoms with Crippen molar-refractivity contribution in [2.24, 2.45) is 0 Å². The third-order valence-corrected chi connectivity index (χ3v) is 5.49. The first-order valence-corrected chi connectivity index (χ1v) is 9.71. The number of amides is 1. The monoisotopic (exact) mass is 365 g/mol. The Morgan fingerprint density at radius 2 is 2.19 bits per heavy atom. The van der Waals surface area contributed by atoms with Gasteiger partial charge in [-0.3, -0.25) is 4.79 Å². The Morgan fingerprint density at radius 3 is 2.88 bits per heavy atom. The van der Waals surface area contributed by atoms with Crippen LogP contribution in [0.25, 0.3) is 0 Å². The van der Waals surface area contributed by atoms with Crippen LogP contribution < -0.4 is 0 Å². The first-order valence-electron chi connectivity index (χ1n) is 9.71. The van der Waals surface area contributed by atoms with Crippen molar-refractivity contribution in [2.45, 2.75) is 57.8 Å². The third kappa shape index (κ3) is 4.84. The molecule has 0 radical (unpaired) electrons. The van der Waals surface area contributed by atoms with E-state index in [1.54, 1.807) is 6.20 Å². The minimum atomic E-state index is -0.129. The summed E-state index contributed by atoms with van der Waals surface area (Å²) >= 11 is 0. The van der Waals surface area contributed by atoms with E-state index in [0.29, 0.717) is 19.8 Å². The molecule has 3 heterocycles. The van der Waals surface area contributed by atoms with Crippen molar-refractivity contribution >= 4 is 5.91 Å². The molecule has 1 aromatic rings. The maximum Gasteiger partial charge on any atom is 0.242 e. The summed E-state index contributed by atoms with van der Waals surface area (Å²) in [6, 6.07) is 0. The fourth-order valence-corrected chi connectivity index (χ4v) is 3.87. The Morgan fingerprint density at radius 1 is 1.38 bits per heavy atom. The predicted molar refractivity (Wildman–Crippen MR) is 96.9 cm³/mol. The molecule has 1 atom stereocenters. The Bertz CT molecular complexity index is 581. The van der Waals surface area contributed by atoms with E-state index in [-0.39, 0.29) is 17.6 Å². The van der Waals surface area contributed by atoms with Crippen molar-refractivity contribution in [2.75, 3.05) is 39.5 Å². The van der Waals surface area contributed by atoms with Gasteiger partial charge in [0.25, 0.3) is 0 Å². The number of imidazole rings is 1. The van der Waals surface area contributed by atoms with Gasteiger partial charge in [0.2, 0.25) is 5.91 Å². The highest BCUT2D eigenvalue weighted by molar-refractivity contribution is 5.76. The van der Waals surface area contributed by atoms with Crippen LogP contribution in [0.3, 0.4) is 0 Å². The van der Waals surface area contributed by atoms with Gasteiger partial charge in [-0.15, -0.1) is 0 Å². The van der Waals surface area contributed by atoms with Crippen LogP contribution in [0.4, 0.5) is 0 Å². The summed E-state index contributed by atoms with van der Waals surface area (Å²) in [5.74, 6) is 1.02. The van der Waals surface area contributed by atoms with Crippen molar-refractivity contribution in [3.63, 3.8) is 0 Å². The average molecular weight is 365 g/mol. The van der Waals surface area contributed by atoms with Gasteiger partial charge in [0.1, 0.15) is 12.4 Å². The minimum Gasteiger partial charge on any atom is -0.379 e. The van der Waals surface area contributed by atoms with E-state index in [1.807, 2.05) is 29.5 Å². The normalized spacial score (nSPS) is 22.7. The van der Waals surface area contributed by atoms with Crippen LogP contribution in [-0.2, 0) is 25.5 Å². The zero-order chi connectivity index (χ0) is 18.4. The molecule has 0 bridgehead atoms. The van der Waals surface area contributed by atoms with Gasteiger partial charge in [0.15, 0.2) is 0 Å². The van der Waals surface area contributed by atoms with E-state index in [0.717, 1.165) is 57.8 Å². The van der Waals surface area contributed by atoms with Gasteiger partial charge in [-0.2, -0.15) is 0 Å². The molecule has 7 heteroatoms. The number of rotatable bonds is 7. The Balaban J connectivity index is 1.46. The average Bonchev–Trinajstić information content (AvgIpc) is 3.04. The fraction of sp³-hybridized carbons (Fsp3) is 0.789. The summed E-state index contributed by atoms with van der Waals surface area (Å²) in [5.41, 5.74) is -0.129. The summed E-state index contributed by atoms with van der Waals surface area (Å²) < 4.78 is 19.4. The second-order valence-corrected chi connectivity index (χ2v) is 7.20. The molecule has 0 N–H and O–H groups in total. The van der Waals surface area contributed by atoms with E-state index in [4.69, 9.17) is 14.2 Å². The topological polar surface area (TPSA) is 65.8 Å². The SMILES string of the molecule is CCOCCOC1CCOC2(CCN(C(=O)Cn3ccnc3C)CC2)C1. The summed E-state index contributed by atoms with van der Waals surface area (Å²) in [7, 11) is 0. The zero-order valence-corrected chi connectivity index (χ0v) is 16.0. The lowest BCUT2D eigenvalue weighted by molar-refractivity contribution is -0.163. The summed E-state index contributed by atoms with van der Waals surface area (Å²) in [6.45, 7) is 8.53. The third-order valence-electron chi connectivity index (χ3n) is 5.49. The van der Waals surface area contributed by atoms with Gasteiger partial charge in [-0.25, -0.2) is 4.98 Å². The molecule has 1 amide bonds. The van der Waals surface area contributed by atoms with Gasteiger partial charge in [0.05, 0.1) is 24.9 Å². The van der Waals surface area contributed by atoms with Crippen molar-refractivity contribution in [3.8, 4) is 0 Å². The number of carbonyl (C=O) groups is 1. The van der Waals surface area contributed by atoms with E-state index in [1.165, 1.54) is 0 Å². The van der Waals surface area contributed by atoms with Crippen LogP contribution in [0.1, 0.15) is 38.4 Å². The van der Waals surface area contributed by atoms with Gasteiger partial charge >= 0.3 is 0 Å². The quantitative estimate of drug-likeness (QED) is 0.689. The molecule has 26 heavy (non-hydrogen) atoms. The maximum absolute atomic E-state index is 12.6. The predicted octanol–water partition coefficient (Wildman–Crippen LogP) is 1.78. The van der Waals surface area contributed by atoms with E-state index in [2.05, 4.69) is 4.98 Å². The van der Waals surface area contributed by atoms with Gasteiger partial charge in [-0.1, -0.05) is 0 Å². The van der Waals surface area contributed by atoms with E-state index < -0.39 is 0 Å². The lowest BCUT2D eigenvalue weighted by atomic mass is 9.83. The molecular weight excluding hydrogens is 334 g/mol. The second kappa shape index (κ2) is 8.97. The number of aromatic nitrogens is 2. The molecule has 1 aromatic heterocycles. The van der Waals surface area contributed by atoms with Crippen LogP contribution in [-0.4, -0.2) is 71.6 Å². The molecule has 146 valence electrons. The first kappa shape index (κ1) is 19.3. The number of hydrogen-bond donors (Lipinski definition) is 0. The fourth-order valence-electron chi connectivity index (χ4n) is 3.87. The molecule has 1 spiro atoms. The van der Waals surface area contributed by atoms with Crippen LogP contribution in [0.2, 0.25) is 0 Å². The van der Waals surface area contributed by atoms with E-state index in [9.17, 15) is 4.79 Å². The van der Waals surface area contributed by atoms with E-state index >= 15 is 0 Å². The highest BCUT2D eigenvalue weighted by atomic mass is 16.5. The number of ether oxygens (including phenoxy) is 3. The number of nitrogens with zero attached hydrogens (tertiary/aromatic N) is 3. The van der Waals surface area contributed by atoms with Crippen LogP contribution >= 0.6 is 0 Å². The molecule has 0 aromatic carbocycles. The molecule has 0 aliphatic carbocycles. The first-order chi connectivity index (χ1) is 12.6. The zero-order valence-electron chi connectivity index (χ0n) is 16.0. The highest BCUT2D eigenvalue weighted by Gasteiger charge is 2.41. The van der Waals surface area contributed by atoms with Crippen LogP contribution in [0.15, 0.2) is 12.4 Å². The molecule has 3 rings (SSSR count). The van der Waals surface area contributed by atoms with Crippen molar-refractivity contribution in [1.82, 2.24) is 14.5 Å². The Hall–Kier alpha value is -1.44. The van der Waals surface area contributed by atoms with Crippen molar-refractivity contribution in [1.29, 1.82) is 0 Å². The van der Waals surface area contributed by atoms with Crippen LogP contribution in [0, 0.1) is 6.92 Å². The number of likely N-dealkylation sites (tertiary alicyclic amines) is 1. The molecule has 2 fully saturated rings. The summed E-state index contributed by atoms with van der Waals surface area (Å²) in [6.07, 6.45) is 7.45. The number of carbonyl (C=O) groups excluding carboxylic acids is 1. The maximum atomic E-state index is 12.6. The molecule has 2 aliphatic heterocycles. The largest absolute Gasteiger partial charge is 0.379 e. The molecule has 2 aliphatic rings. The Labute approximate surface area is 155 Å². The molecule has 0 saturated carbocycles. The van der Waals surface area contributed by atoms with Gasteiger partial charge in [-0.05, 0) is 33.1 Å².